The molecule has 2 heterocycles. The lowest BCUT2D eigenvalue weighted by Crippen LogP contribution is -2.29. The maximum atomic E-state index is 12.0. The van der Waals surface area contributed by atoms with Gasteiger partial charge in [-0.2, -0.15) is 0 Å². The van der Waals surface area contributed by atoms with E-state index in [-0.39, 0.29) is 23.7 Å². The van der Waals surface area contributed by atoms with Crippen molar-refractivity contribution in [1.29, 1.82) is 0 Å². The van der Waals surface area contributed by atoms with Crippen LogP contribution < -0.4 is 0 Å². The monoisotopic (exact) mass is 237 g/mol. The quantitative estimate of drug-likeness (QED) is 0.724. The van der Waals surface area contributed by atoms with Crippen LogP contribution in [0.15, 0.2) is 23.0 Å². The van der Waals surface area contributed by atoms with Crippen molar-refractivity contribution in [3.63, 3.8) is 0 Å². The highest BCUT2D eigenvalue weighted by molar-refractivity contribution is 5.94. The Morgan fingerprint density at radius 3 is 2.82 bits per heavy atom. The van der Waals surface area contributed by atoms with Crippen molar-refractivity contribution >= 4 is 11.9 Å². The van der Waals surface area contributed by atoms with E-state index in [1.807, 2.05) is 6.92 Å². The Morgan fingerprint density at radius 1 is 1.47 bits per heavy atom. The molecule has 2 rings (SSSR count). The van der Waals surface area contributed by atoms with E-state index >= 15 is 0 Å². The number of esters is 1. The molecule has 1 aromatic rings. The summed E-state index contributed by atoms with van der Waals surface area (Å²) in [5.74, 6) is -0.453. The maximum absolute atomic E-state index is 12.0. The first-order chi connectivity index (χ1) is 8.13. The zero-order valence-electron chi connectivity index (χ0n) is 9.88. The molecule has 0 radical (unpaired) electrons. The fourth-order valence-electron chi connectivity index (χ4n) is 2.16. The van der Waals surface area contributed by atoms with Gasteiger partial charge in [0.2, 0.25) is 0 Å². The summed E-state index contributed by atoms with van der Waals surface area (Å²) in [6.07, 6.45) is 2.88. The highest BCUT2D eigenvalue weighted by Gasteiger charge is 2.38. The molecule has 1 aromatic heterocycles. The first-order valence-corrected chi connectivity index (χ1v) is 5.52. The highest BCUT2D eigenvalue weighted by atomic mass is 16.5. The molecule has 2 atom stereocenters. The number of nitrogens with zero attached hydrogens (tertiary/aromatic N) is 1. The van der Waals surface area contributed by atoms with Gasteiger partial charge in [0.25, 0.3) is 5.91 Å². The van der Waals surface area contributed by atoms with Gasteiger partial charge < -0.3 is 14.1 Å². The predicted octanol–water partition coefficient (Wildman–Crippen LogP) is 1.16. The van der Waals surface area contributed by atoms with E-state index in [0.29, 0.717) is 18.7 Å². The van der Waals surface area contributed by atoms with Gasteiger partial charge in [-0.25, -0.2) is 0 Å². The van der Waals surface area contributed by atoms with E-state index in [1.54, 1.807) is 11.0 Å². The van der Waals surface area contributed by atoms with Crippen molar-refractivity contribution in [2.24, 2.45) is 11.8 Å². The predicted molar refractivity (Wildman–Crippen MR) is 59.3 cm³/mol. The van der Waals surface area contributed by atoms with Crippen LogP contribution >= 0.6 is 0 Å². The minimum Gasteiger partial charge on any atom is -0.472 e. The van der Waals surface area contributed by atoms with Crippen LogP contribution in [-0.2, 0) is 9.53 Å². The summed E-state index contributed by atoms with van der Waals surface area (Å²) >= 11 is 0. The average molecular weight is 237 g/mol. The molecule has 2 unspecified atom stereocenters. The fraction of sp³-hybridized carbons (Fsp3) is 0.500. The van der Waals surface area contributed by atoms with Crippen molar-refractivity contribution in [1.82, 2.24) is 4.90 Å². The van der Waals surface area contributed by atoms with Gasteiger partial charge >= 0.3 is 5.97 Å². The van der Waals surface area contributed by atoms with E-state index in [9.17, 15) is 9.59 Å². The second kappa shape index (κ2) is 4.61. The molecule has 1 aliphatic heterocycles. The Bertz CT molecular complexity index is 412. The molecule has 5 nitrogen and oxygen atoms in total. The number of ether oxygens (including phenoxy) is 1. The average Bonchev–Trinajstić information content (AvgIpc) is 2.96. The number of hydrogen-bond acceptors (Lipinski definition) is 4. The van der Waals surface area contributed by atoms with Crippen LogP contribution in [-0.4, -0.2) is 37.0 Å². The van der Waals surface area contributed by atoms with Crippen LogP contribution in [0.3, 0.4) is 0 Å². The molecule has 1 amide bonds. The number of likely N-dealkylation sites (tertiary alicyclic amines) is 1. The molecule has 17 heavy (non-hydrogen) atoms. The van der Waals surface area contributed by atoms with Gasteiger partial charge in [0.05, 0.1) is 24.9 Å². The molecule has 0 N–H and O–H groups in total. The van der Waals surface area contributed by atoms with Crippen molar-refractivity contribution < 1.29 is 18.7 Å². The van der Waals surface area contributed by atoms with Gasteiger partial charge in [0.1, 0.15) is 6.26 Å². The number of carbonyl (C=O) groups excluding carboxylic acids is 2. The topological polar surface area (TPSA) is 59.8 Å². The Morgan fingerprint density at radius 2 is 2.24 bits per heavy atom. The third-order valence-corrected chi connectivity index (χ3v) is 3.17. The summed E-state index contributed by atoms with van der Waals surface area (Å²) in [5.41, 5.74) is 0.516. The maximum Gasteiger partial charge on any atom is 0.310 e. The third-order valence-electron chi connectivity index (χ3n) is 3.17. The Hall–Kier alpha value is -1.78. The van der Waals surface area contributed by atoms with Crippen LogP contribution in [0.5, 0.6) is 0 Å². The Labute approximate surface area is 99.3 Å². The van der Waals surface area contributed by atoms with Crippen molar-refractivity contribution in [3.05, 3.63) is 24.2 Å². The van der Waals surface area contributed by atoms with Gasteiger partial charge in [-0.3, -0.25) is 9.59 Å². The van der Waals surface area contributed by atoms with Gasteiger partial charge in [-0.15, -0.1) is 0 Å². The van der Waals surface area contributed by atoms with Crippen LogP contribution in [0.2, 0.25) is 0 Å². The normalized spacial score (nSPS) is 23.8. The van der Waals surface area contributed by atoms with Crippen LogP contribution in [0.1, 0.15) is 17.3 Å². The summed E-state index contributed by atoms with van der Waals surface area (Å²) in [6.45, 7) is 2.94. The number of furan rings is 1. The van der Waals surface area contributed by atoms with Crippen LogP contribution in [0.25, 0.3) is 0 Å². The van der Waals surface area contributed by atoms with E-state index < -0.39 is 0 Å². The van der Waals surface area contributed by atoms with E-state index in [1.165, 1.54) is 19.6 Å². The molecule has 92 valence electrons. The lowest BCUT2D eigenvalue weighted by Gasteiger charge is -2.14. The van der Waals surface area contributed by atoms with Gasteiger partial charge in [0, 0.05) is 13.1 Å². The second-order valence-corrected chi connectivity index (χ2v) is 4.33. The van der Waals surface area contributed by atoms with Gasteiger partial charge in [-0.1, -0.05) is 6.92 Å². The van der Waals surface area contributed by atoms with Crippen molar-refractivity contribution in [2.45, 2.75) is 6.92 Å². The molecule has 1 saturated heterocycles. The van der Waals surface area contributed by atoms with Crippen molar-refractivity contribution in [2.75, 3.05) is 20.2 Å². The molecular formula is C12H15NO4. The second-order valence-electron chi connectivity index (χ2n) is 4.33. The summed E-state index contributed by atoms with van der Waals surface area (Å²) in [6, 6.07) is 1.62. The zero-order chi connectivity index (χ0) is 12.4. The minimum absolute atomic E-state index is 0.1000. The third kappa shape index (κ3) is 2.18. The molecule has 5 heteroatoms. The SMILES string of the molecule is COC(=O)C1CN(C(=O)c2ccoc2)CC1C. The first kappa shape index (κ1) is 11.7. The largest absolute Gasteiger partial charge is 0.472 e. The van der Waals surface area contributed by atoms with Crippen molar-refractivity contribution in [3.8, 4) is 0 Å². The molecule has 0 spiro atoms. The summed E-state index contributed by atoms with van der Waals surface area (Å²) < 4.78 is 9.61. The first-order valence-electron chi connectivity index (χ1n) is 5.52. The molecular weight excluding hydrogens is 222 g/mol. The van der Waals surface area contributed by atoms with Gasteiger partial charge in [-0.05, 0) is 12.0 Å². The number of amides is 1. The Balaban J connectivity index is 2.06. The van der Waals surface area contributed by atoms with Crippen LogP contribution in [0.4, 0.5) is 0 Å². The summed E-state index contributed by atoms with van der Waals surface area (Å²) in [4.78, 5) is 25.2. The Kier molecular flexibility index (Phi) is 3.17. The molecule has 1 aliphatic rings. The van der Waals surface area contributed by atoms with Crippen LogP contribution in [0, 0.1) is 11.8 Å². The van der Waals surface area contributed by atoms with E-state index in [2.05, 4.69) is 0 Å². The van der Waals surface area contributed by atoms with E-state index in [0.717, 1.165) is 0 Å². The summed E-state index contributed by atoms with van der Waals surface area (Å²) in [7, 11) is 1.37. The van der Waals surface area contributed by atoms with E-state index in [4.69, 9.17) is 9.15 Å². The minimum atomic E-state index is -0.250. The molecule has 0 aromatic carbocycles. The molecule has 0 aliphatic carbocycles. The highest BCUT2D eigenvalue weighted by Crippen LogP contribution is 2.25. The standard InChI is InChI=1S/C12H15NO4/c1-8-5-13(6-10(8)12(15)16-2)11(14)9-3-4-17-7-9/h3-4,7-8,10H,5-6H2,1-2H3. The number of hydrogen-bond donors (Lipinski definition) is 0. The lowest BCUT2D eigenvalue weighted by atomic mass is 9.99. The molecule has 0 saturated carbocycles. The number of carbonyl (C=O) groups is 2. The number of rotatable bonds is 2. The van der Waals surface area contributed by atoms with Gasteiger partial charge in [0.15, 0.2) is 0 Å². The lowest BCUT2D eigenvalue weighted by molar-refractivity contribution is -0.146. The smallest absolute Gasteiger partial charge is 0.310 e. The molecule has 0 bridgehead atoms. The molecule has 1 fully saturated rings. The fourth-order valence-corrected chi connectivity index (χ4v) is 2.16. The number of methoxy groups -OCH3 is 1. The zero-order valence-corrected chi connectivity index (χ0v) is 9.88. The summed E-state index contributed by atoms with van der Waals surface area (Å²) in [5, 5.41) is 0.